The maximum absolute atomic E-state index is 5.98. The van der Waals surface area contributed by atoms with Crippen LogP contribution in [-0.4, -0.2) is 80.9 Å². The molecule has 7 heteroatoms. The van der Waals surface area contributed by atoms with E-state index in [2.05, 4.69) is 22.0 Å². The Bertz CT molecular complexity index is 593. The van der Waals surface area contributed by atoms with Crippen molar-refractivity contribution in [1.29, 1.82) is 0 Å². The van der Waals surface area contributed by atoms with E-state index in [0.717, 1.165) is 57.6 Å². The molecule has 1 unspecified atom stereocenters. The predicted molar refractivity (Wildman–Crippen MR) is 105 cm³/mol. The van der Waals surface area contributed by atoms with Gasteiger partial charge in [0.25, 0.3) is 0 Å². The van der Waals surface area contributed by atoms with Gasteiger partial charge in [-0.25, -0.2) is 4.99 Å². The molecule has 1 aromatic carbocycles. The van der Waals surface area contributed by atoms with Gasteiger partial charge in [0, 0.05) is 43.8 Å². The number of rotatable bonds is 6. The number of hydrogen-bond donors (Lipinski definition) is 1. The van der Waals surface area contributed by atoms with E-state index in [0.29, 0.717) is 24.2 Å². The van der Waals surface area contributed by atoms with Gasteiger partial charge in [0.15, 0.2) is 5.96 Å². The number of hydrogen-bond acceptors (Lipinski definition) is 4. The van der Waals surface area contributed by atoms with Crippen molar-refractivity contribution in [3.8, 4) is 5.75 Å². The van der Waals surface area contributed by atoms with Crippen molar-refractivity contribution in [3.05, 3.63) is 29.3 Å². The van der Waals surface area contributed by atoms with E-state index in [1.807, 2.05) is 24.3 Å². The number of morpholine rings is 1. The fourth-order valence-electron chi connectivity index (χ4n) is 3.47. The van der Waals surface area contributed by atoms with E-state index in [1.165, 1.54) is 6.42 Å². The van der Waals surface area contributed by atoms with E-state index in [4.69, 9.17) is 26.1 Å². The summed E-state index contributed by atoms with van der Waals surface area (Å²) in [5.41, 5.74) is 0. The number of nitrogens with one attached hydrogen (secondary N) is 1. The van der Waals surface area contributed by atoms with Crippen LogP contribution in [0.2, 0.25) is 5.02 Å². The van der Waals surface area contributed by atoms with E-state index in [1.54, 1.807) is 0 Å². The highest BCUT2D eigenvalue weighted by Gasteiger charge is 2.30. The van der Waals surface area contributed by atoms with Crippen molar-refractivity contribution in [2.75, 3.05) is 59.1 Å². The topological polar surface area (TPSA) is 49.3 Å². The molecule has 2 saturated heterocycles. The molecule has 1 aromatic rings. The highest BCUT2D eigenvalue weighted by atomic mass is 35.5. The molecular formula is C19H29ClN4O2. The number of halogens is 1. The van der Waals surface area contributed by atoms with Crippen LogP contribution in [0.4, 0.5) is 0 Å². The standard InChI is InChI=1S/C19H29ClN4O2/c1-2-21-19(22-7-11-26-18-5-3-4-16(20)14-18)24-8-6-17(15-24)23-9-12-25-13-10-23/h3-5,14,17H,2,6-13,15H2,1H3,(H,21,22). The molecule has 0 aromatic heterocycles. The largest absolute Gasteiger partial charge is 0.492 e. The molecule has 0 bridgehead atoms. The van der Waals surface area contributed by atoms with Crippen molar-refractivity contribution in [1.82, 2.24) is 15.1 Å². The van der Waals surface area contributed by atoms with Gasteiger partial charge in [0.1, 0.15) is 12.4 Å². The van der Waals surface area contributed by atoms with Gasteiger partial charge < -0.3 is 19.7 Å². The Labute approximate surface area is 161 Å². The lowest BCUT2D eigenvalue weighted by molar-refractivity contribution is 0.0195. The first-order chi connectivity index (χ1) is 12.8. The van der Waals surface area contributed by atoms with Crippen molar-refractivity contribution in [2.45, 2.75) is 19.4 Å². The summed E-state index contributed by atoms with van der Waals surface area (Å²) in [6.07, 6.45) is 1.18. The van der Waals surface area contributed by atoms with Crippen LogP contribution in [0.15, 0.2) is 29.3 Å². The number of nitrogens with zero attached hydrogens (tertiary/aromatic N) is 3. The quantitative estimate of drug-likeness (QED) is 0.465. The van der Waals surface area contributed by atoms with E-state index >= 15 is 0 Å². The van der Waals surface area contributed by atoms with E-state index in [9.17, 15) is 0 Å². The van der Waals surface area contributed by atoms with Crippen LogP contribution in [-0.2, 0) is 4.74 Å². The normalized spacial score (nSPS) is 21.8. The zero-order valence-electron chi connectivity index (χ0n) is 15.5. The average molecular weight is 381 g/mol. The van der Waals surface area contributed by atoms with Gasteiger partial charge in [0.05, 0.1) is 19.8 Å². The maximum Gasteiger partial charge on any atom is 0.194 e. The molecule has 0 saturated carbocycles. The van der Waals surface area contributed by atoms with Gasteiger partial charge in [-0.2, -0.15) is 0 Å². The van der Waals surface area contributed by atoms with Crippen molar-refractivity contribution < 1.29 is 9.47 Å². The number of guanidine groups is 1. The summed E-state index contributed by atoms with van der Waals surface area (Å²) in [7, 11) is 0. The maximum atomic E-state index is 5.98. The van der Waals surface area contributed by atoms with Gasteiger partial charge in [0.2, 0.25) is 0 Å². The Morgan fingerprint density at radius 3 is 2.96 bits per heavy atom. The second-order valence-corrected chi connectivity index (χ2v) is 7.01. The lowest BCUT2D eigenvalue weighted by Crippen LogP contribution is -2.46. The lowest BCUT2D eigenvalue weighted by atomic mass is 10.2. The zero-order chi connectivity index (χ0) is 18.2. The fourth-order valence-corrected chi connectivity index (χ4v) is 3.65. The number of likely N-dealkylation sites (tertiary alicyclic amines) is 1. The number of benzene rings is 1. The SMILES string of the molecule is CCNC(=NCCOc1cccc(Cl)c1)N1CCC(N2CCOCC2)C1. The summed E-state index contributed by atoms with van der Waals surface area (Å²) in [5.74, 6) is 1.77. The van der Waals surface area contributed by atoms with Crippen LogP contribution in [0, 0.1) is 0 Å². The smallest absolute Gasteiger partial charge is 0.194 e. The Morgan fingerprint density at radius 2 is 2.19 bits per heavy atom. The van der Waals surface area contributed by atoms with Gasteiger partial charge >= 0.3 is 0 Å². The first-order valence-electron chi connectivity index (χ1n) is 9.49. The van der Waals surface area contributed by atoms with Crippen LogP contribution in [0.3, 0.4) is 0 Å². The van der Waals surface area contributed by atoms with Crippen LogP contribution in [0.5, 0.6) is 5.75 Å². The van der Waals surface area contributed by atoms with Gasteiger partial charge in [-0.3, -0.25) is 4.90 Å². The molecule has 0 radical (unpaired) electrons. The number of aliphatic imine (C=N–C) groups is 1. The first-order valence-corrected chi connectivity index (χ1v) is 9.87. The molecule has 1 atom stereocenters. The van der Waals surface area contributed by atoms with Gasteiger partial charge in [-0.15, -0.1) is 0 Å². The monoisotopic (exact) mass is 380 g/mol. The Morgan fingerprint density at radius 1 is 1.35 bits per heavy atom. The predicted octanol–water partition coefficient (Wildman–Crippen LogP) is 2.09. The molecular weight excluding hydrogens is 352 g/mol. The molecule has 0 spiro atoms. The molecule has 144 valence electrons. The number of ether oxygens (including phenoxy) is 2. The minimum Gasteiger partial charge on any atom is -0.492 e. The molecule has 2 fully saturated rings. The molecule has 1 N–H and O–H groups in total. The average Bonchev–Trinajstić information content (AvgIpc) is 3.15. The second-order valence-electron chi connectivity index (χ2n) is 6.58. The molecule has 6 nitrogen and oxygen atoms in total. The highest BCUT2D eigenvalue weighted by molar-refractivity contribution is 6.30. The zero-order valence-corrected chi connectivity index (χ0v) is 16.2. The van der Waals surface area contributed by atoms with E-state index < -0.39 is 0 Å². The summed E-state index contributed by atoms with van der Waals surface area (Å²) in [6.45, 7) is 9.99. The first kappa shape index (κ1) is 19.3. The highest BCUT2D eigenvalue weighted by Crippen LogP contribution is 2.18. The third kappa shape index (κ3) is 5.50. The summed E-state index contributed by atoms with van der Waals surface area (Å²) < 4.78 is 11.2. The van der Waals surface area contributed by atoms with Crippen molar-refractivity contribution in [2.24, 2.45) is 4.99 Å². The third-order valence-electron chi connectivity index (χ3n) is 4.78. The van der Waals surface area contributed by atoms with E-state index in [-0.39, 0.29) is 0 Å². The minimum absolute atomic E-state index is 0.538. The molecule has 3 rings (SSSR count). The second kappa shape index (κ2) is 10.00. The summed E-state index contributed by atoms with van der Waals surface area (Å²) in [6, 6.07) is 8.07. The summed E-state index contributed by atoms with van der Waals surface area (Å²) in [5, 5.41) is 4.10. The Balaban J connectivity index is 1.49. The van der Waals surface area contributed by atoms with Crippen LogP contribution in [0.1, 0.15) is 13.3 Å². The van der Waals surface area contributed by atoms with Crippen molar-refractivity contribution in [3.63, 3.8) is 0 Å². The third-order valence-corrected chi connectivity index (χ3v) is 5.01. The van der Waals surface area contributed by atoms with Crippen LogP contribution >= 0.6 is 11.6 Å². The molecule has 2 heterocycles. The Kier molecular flexibility index (Phi) is 7.41. The molecule has 2 aliphatic rings. The lowest BCUT2D eigenvalue weighted by Gasteiger charge is -2.32. The molecule has 0 aliphatic carbocycles. The summed E-state index contributed by atoms with van der Waals surface area (Å²) in [4.78, 5) is 9.66. The van der Waals surface area contributed by atoms with Crippen LogP contribution < -0.4 is 10.1 Å². The Hall–Kier alpha value is -1.50. The molecule has 0 amide bonds. The minimum atomic E-state index is 0.538. The van der Waals surface area contributed by atoms with Crippen molar-refractivity contribution >= 4 is 17.6 Å². The van der Waals surface area contributed by atoms with Crippen LogP contribution in [0.25, 0.3) is 0 Å². The molecule has 26 heavy (non-hydrogen) atoms. The molecule has 2 aliphatic heterocycles. The fraction of sp³-hybridized carbons (Fsp3) is 0.632. The van der Waals surface area contributed by atoms with Gasteiger partial charge in [-0.1, -0.05) is 17.7 Å². The summed E-state index contributed by atoms with van der Waals surface area (Å²) >= 11 is 5.98. The van der Waals surface area contributed by atoms with Gasteiger partial charge in [-0.05, 0) is 31.5 Å².